The average molecular weight is 1510 g/mol. The molecule has 0 saturated carbocycles. The van der Waals surface area contributed by atoms with Gasteiger partial charge in [-0.15, -0.1) is 5.10 Å². The lowest BCUT2D eigenvalue weighted by atomic mass is 10.0. The summed E-state index contributed by atoms with van der Waals surface area (Å²) in [6.45, 7) is -0.782. The van der Waals surface area contributed by atoms with E-state index in [2.05, 4.69) is 63.5 Å². The van der Waals surface area contributed by atoms with E-state index in [0.717, 1.165) is 4.90 Å². The highest BCUT2D eigenvalue weighted by molar-refractivity contribution is 6.00. The molecule has 584 valence electrons. The predicted octanol–water partition coefficient (Wildman–Crippen LogP) is -5.36. The largest absolute Gasteiger partial charge is 0.508 e. The lowest BCUT2D eigenvalue weighted by molar-refractivity contribution is -0.144. The van der Waals surface area contributed by atoms with Gasteiger partial charge in [-0.2, -0.15) is 0 Å². The summed E-state index contributed by atoms with van der Waals surface area (Å²) in [4.78, 5) is 219. The van der Waals surface area contributed by atoms with Crippen LogP contribution >= 0.6 is 0 Å². The lowest BCUT2D eigenvalue weighted by Crippen LogP contribution is -2.61. The normalized spacial score (nSPS) is 19.4. The number of carboxylic acid groups (broad SMARTS) is 3. The maximum Gasteiger partial charge on any atom is 0.326 e. The Morgan fingerprint density at radius 2 is 1.14 bits per heavy atom. The van der Waals surface area contributed by atoms with Crippen LogP contribution < -0.4 is 76.1 Å². The average Bonchev–Trinajstić information content (AvgIpc) is 1.63. The van der Waals surface area contributed by atoms with Gasteiger partial charge in [0, 0.05) is 57.8 Å². The van der Waals surface area contributed by atoms with Gasteiger partial charge in [0.2, 0.25) is 76.8 Å². The summed E-state index contributed by atoms with van der Waals surface area (Å²) in [6, 6.07) is 1.43. The Morgan fingerprint density at radius 1 is 0.574 bits per heavy atom. The molecule has 0 radical (unpaired) electrons. The van der Waals surface area contributed by atoms with Crippen molar-refractivity contribution in [3.63, 3.8) is 0 Å². The van der Waals surface area contributed by atoms with Crippen molar-refractivity contribution in [1.29, 1.82) is 0 Å². The highest BCUT2D eigenvalue weighted by Crippen LogP contribution is 2.22. The smallest absolute Gasteiger partial charge is 0.326 e. The molecule has 2 aliphatic rings. The molecule has 11 atom stereocenters. The number of carboxylic acids is 3. The van der Waals surface area contributed by atoms with Gasteiger partial charge in [0.25, 0.3) is 0 Å². The minimum Gasteiger partial charge on any atom is -0.508 e. The van der Waals surface area contributed by atoms with Gasteiger partial charge in [-0.1, -0.05) is 59.8 Å². The number of hydrogen-bond donors (Lipinski definition) is 19. The number of amides is 13. The monoisotopic (exact) mass is 1510 g/mol. The van der Waals surface area contributed by atoms with Crippen LogP contribution in [0.15, 0.2) is 85.1 Å². The molecule has 13 amide bonds. The molecule has 3 heterocycles. The van der Waals surface area contributed by atoms with E-state index in [1.165, 1.54) is 59.4 Å². The number of hydrogen-bond acceptors (Lipinski definition) is 22. The second-order valence-corrected chi connectivity index (χ2v) is 26.1. The van der Waals surface area contributed by atoms with Crippen LogP contribution in [0.5, 0.6) is 11.5 Å². The summed E-state index contributed by atoms with van der Waals surface area (Å²) < 4.78 is 1.35. The number of aryl methyl sites for hydroxylation is 1. The van der Waals surface area contributed by atoms with E-state index in [1.54, 1.807) is 30.3 Å². The van der Waals surface area contributed by atoms with Gasteiger partial charge in [-0.05, 0) is 112 Å². The zero-order valence-electron chi connectivity index (χ0n) is 58.9. The third kappa shape index (κ3) is 28.0. The molecular weight excluding hydrogens is 1420 g/mol. The number of aromatic nitrogens is 3. The first-order valence-electron chi connectivity index (χ1n) is 34.8. The molecular formula is C69H92N18O21. The molecule has 0 spiro atoms. The number of aromatic hydroxyl groups is 2. The van der Waals surface area contributed by atoms with Gasteiger partial charge < -0.3 is 107 Å². The van der Waals surface area contributed by atoms with Crippen LogP contribution in [0.2, 0.25) is 0 Å². The molecule has 4 aromatic rings. The van der Waals surface area contributed by atoms with E-state index in [4.69, 9.17) is 22.9 Å². The summed E-state index contributed by atoms with van der Waals surface area (Å²) in [5.41, 5.74) is 23.6. The SMILES string of the molecule is NCCCC[C@H]1NC(=O)[C@@H](Cc2ccc(O)cc2)NC(=O)[C@H](NC(=O)[C@H]2CCCN2C(=O)[C@@H](CC(N)=O)NC(=O)[C@@H](CCC(=O)O)NC(=O)[C@@H](Cc2ccc(O)cc2)NC(=O)CNC(=O)[C@@H](N)CC(N)=O)CCCCn2cc(nn2)C[C@H](C(=O)N[C@H](CCC(=O)O)C(=O)O)NC(=O)[C@@H](Cc2ccccc2)NC1=O. The molecule has 1 aromatic heterocycles. The molecule has 0 aliphatic carbocycles. The second-order valence-electron chi connectivity index (χ2n) is 26.1. The Hall–Kier alpha value is -12.2. The number of carbonyl (C=O) groups excluding carboxylic acids is 13. The molecule has 1 fully saturated rings. The van der Waals surface area contributed by atoms with E-state index >= 15 is 4.79 Å². The quantitative estimate of drug-likeness (QED) is 0.0194. The first-order chi connectivity index (χ1) is 51.4. The molecule has 6 rings (SSSR count). The molecule has 23 N–H and O–H groups in total. The molecule has 39 heteroatoms. The van der Waals surface area contributed by atoms with Crippen LogP contribution in [0, 0.1) is 0 Å². The van der Waals surface area contributed by atoms with Crippen molar-refractivity contribution in [3.8, 4) is 11.5 Å². The minimum absolute atomic E-state index is 0.0473. The number of unbranched alkanes of at least 4 members (excludes halogenated alkanes) is 1. The van der Waals surface area contributed by atoms with Crippen LogP contribution in [0.1, 0.15) is 112 Å². The highest BCUT2D eigenvalue weighted by Gasteiger charge is 2.42. The van der Waals surface area contributed by atoms with Crippen molar-refractivity contribution >= 4 is 94.7 Å². The van der Waals surface area contributed by atoms with E-state index in [0.29, 0.717) is 23.1 Å². The third-order valence-corrected chi connectivity index (χ3v) is 17.5. The molecule has 3 aromatic carbocycles. The van der Waals surface area contributed by atoms with Gasteiger partial charge in [-0.25, -0.2) is 4.79 Å². The molecule has 39 nitrogen and oxygen atoms in total. The van der Waals surface area contributed by atoms with E-state index in [1.807, 2.05) is 0 Å². The zero-order chi connectivity index (χ0) is 79.1. The van der Waals surface area contributed by atoms with Crippen molar-refractivity contribution in [1.82, 2.24) is 73.1 Å². The van der Waals surface area contributed by atoms with E-state index in [-0.39, 0.29) is 101 Å². The fraction of sp³-hybridized carbons (Fsp3) is 0.478. The van der Waals surface area contributed by atoms with Crippen LogP contribution in [0.25, 0.3) is 0 Å². The number of likely N-dealkylation sites (tertiary alicyclic amines) is 1. The Kier molecular flexibility index (Phi) is 33.0. The summed E-state index contributed by atoms with van der Waals surface area (Å²) in [6.07, 6.45) is -3.45. The highest BCUT2D eigenvalue weighted by atomic mass is 16.4. The molecule has 1 saturated heterocycles. The minimum atomic E-state index is -1.91. The molecule has 2 bridgehead atoms. The first-order valence-corrected chi connectivity index (χ1v) is 34.8. The summed E-state index contributed by atoms with van der Waals surface area (Å²) in [5.74, 6) is -18.0. The van der Waals surface area contributed by atoms with E-state index < -0.39 is 213 Å². The van der Waals surface area contributed by atoms with Crippen molar-refractivity contribution in [2.75, 3.05) is 19.6 Å². The van der Waals surface area contributed by atoms with Crippen molar-refractivity contribution in [2.45, 2.75) is 189 Å². The molecule has 108 heavy (non-hydrogen) atoms. The second kappa shape index (κ2) is 42.1. The first kappa shape index (κ1) is 84.8. The van der Waals surface area contributed by atoms with Gasteiger partial charge in [0.05, 0.1) is 31.1 Å². The number of phenols is 2. The Labute approximate surface area is 617 Å². The number of primary amides is 2. The number of nitrogens with two attached hydrogens (primary N) is 4. The Morgan fingerprint density at radius 3 is 1.75 bits per heavy atom. The predicted molar refractivity (Wildman–Crippen MR) is 376 cm³/mol. The number of nitrogens with one attached hydrogen (secondary N) is 10. The van der Waals surface area contributed by atoms with E-state index in [9.17, 15) is 97.5 Å². The van der Waals surface area contributed by atoms with Crippen LogP contribution in [0.3, 0.4) is 0 Å². The Balaban J connectivity index is 1.31. The summed E-state index contributed by atoms with van der Waals surface area (Å²) in [5, 5.41) is 82.6. The number of benzene rings is 3. The van der Waals surface area contributed by atoms with Gasteiger partial charge in [0.15, 0.2) is 0 Å². The van der Waals surface area contributed by atoms with Gasteiger partial charge >= 0.3 is 17.9 Å². The number of rotatable bonds is 34. The maximum atomic E-state index is 15.0. The number of phenolic OH excluding ortho intramolecular Hbond substituents is 2. The number of carbonyl (C=O) groups is 16. The van der Waals surface area contributed by atoms with Crippen LogP contribution in [-0.2, 0) is 109 Å². The van der Waals surface area contributed by atoms with Crippen molar-refractivity contribution in [2.24, 2.45) is 22.9 Å². The Bertz CT molecular complexity index is 3860. The number of nitrogens with zero attached hydrogens (tertiary/aromatic N) is 4. The van der Waals surface area contributed by atoms with Crippen LogP contribution in [-0.4, -0.2) is 226 Å². The topological polar surface area (TPSA) is 633 Å². The maximum absolute atomic E-state index is 15.0. The lowest BCUT2D eigenvalue weighted by Gasteiger charge is -2.31. The fourth-order valence-electron chi connectivity index (χ4n) is 11.8. The van der Waals surface area contributed by atoms with Crippen molar-refractivity contribution in [3.05, 3.63) is 107 Å². The van der Waals surface area contributed by atoms with Crippen molar-refractivity contribution < 1.29 is 102 Å². The standard InChI is InChI=1S/C69H92N18O21/c70-26-6-4-11-44-60(98)80-49(29-37-9-2-1-3-10-37)65(103)82-51(66(104)79-47(69(107)108)23-25-58(95)96)32-40-36-86(85-84-40)27-7-5-12-45(61(99)81-50(64(102)76-44)31-39-16-20-42(89)21-17-39)78-67(105)53-13-8-28-87(53)68(106)52(34-55(73)91)83-62(100)46(22-24-57(93)94)77-63(101)48(30-38-14-18-41(88)19-15-38)75-56(92)35-74-59(97)43(71)33-54(72)90/h1-3,9-10,14-21,36,43-53,88-89H,4-8,11-13,22-35,70-71H2,(H2,72,90)(H2,73,91)(H,74,97)(H,75,92)(H,76,102)(H,77,101)(H,78,105)(H,79,104)(H,80,98)(H,81,99)(H,82,103)(H,83,100)(H,93,94)(H,95,96)(H,107,108)/t43-,44+,45+,46+,47+,48+,49+,50+,51+,52+,53+/m0/s1. The molecule has 0 unspecified atom stereocenters. The molecule has 2 aliphatic heterocycles. The van der Waals surface area contributed by atoms with Gasteiger partial charge in [-0.3, -0.25) is 76.6 Å². The number of aliphatic carboxylic acids is 3. The number of fused-ring (bicyclic) bond motifs is 2. The van der Waals surface area contributed by atoms with Crippen LogP contribution in [0.4, 0.5) is 0 Å². The van der Waals surface area contributed by atoms with Gasteiger partial charge in [0.1, 0.15) is 71.9 Å². The third-order valence-electron chi connectivity index (χ3n) is 17.5. The summed E-state index contributed by atoms with van der Waals surface area (Å²) in [7, 11) is 0. The fourth-order valence-corrected chi connectivity index (χ4v) is 11.8. The zero-order valence-corrected chi connectivity index (χ0v) is 58.9. The summed E-state index contributed by atoms with van der Waals surface area (Å²) >= 11 is 0.